The Morgan fingerprint density at radius 3 is 2.59 bits per heavy atom. The first-order valence-corrected chi connectivity index (χ1v) is 8.76. The third-order valence-corrected chi connectivity index (χ3v) is 4.65. The molecule has 1 amide bonds. The lowest BCUT2D eigenvalue weighted by atomic mass is 9.98. The maximum atomic E-state index is 13.1. The minimum Gasteiger partial charge on any atom is -0.336 e. The second-order valence-corrected chi connectivity index (χ2v) is 7.31. The summed E-state index contributed by atoms with van der Waals surface area (Å²) in [6.45, 7) is 11.6. The molecule has 0 aliphatic carbocycles. The first-order valence-electron chi connectivity index (χ1n) is 8.76. The molecule has 1 atom stereocenters. The molecule has 1 saturated heterocycles. The Balaban J connectivity index is 2.24. The van der Waals surface area contributed by atoms with Crippen molar-refractivity contribution >= 4 is 5.91 Å². The van der Waals surface area contributed by atoms with Crippen LogP contribution in [0.2, 0.25) is 0 Å². The van der Waals surface area contributed by atoms with Gasteiger partial charge in [-0.15, -0.1) is 0 Å². The van der Waals surface area contributed by atoms with Crippen LogP contribution in [-0.4, -0.2) is 33.2 Å². The maximum absolute atomic E-state index is 13.1. The summed E-state index contributed by atoms with van der Waals surface area (Å²) in [5.41, 5.74) is 1.77. The minimum absolute atomic E-state index is 0.178. The molecule has 0 spiro atoms. The van der Waals surface area contributed by atoms with Crippen molar-refractivity contribution in [1.29, 1.82) is 0 Å². The second kappa shape index (κ2) is 7.30. The number of aromatic nitrogens is 2. The van der Waals surface area contributed by atoms with Crippen molar-refractivity contribution in [2.24, 2.45) is 5.92 Å². The molecule has 1 fully saturated rings. The summed E-state index contributed by atoms with van der Waals surface area (Å²) in [6.07, 6.45) is 7.60. The van der Waals surface area contributed by atoms with Gasteiger partial charge in [0.25, 0.3) is 5.91 Å². The number of rotatable bonds is 4. The van der Waals surface area contributed by atoms with Crippen LogP contribution in [0.4, 0.5) is 0 Å². The van der Waals surface area contributed by atoms with Crippen LogP contribution >= 0.6 is 0 Å². The minimum atomic E-state index is 0.178. The standard InChI is InChI=1S/C18H31N3O/c1-13(2)11-16-9-7-6-8-10-20(16)18(22)17-12-19-21(14(3)4)15(17)5/h12-14,16H,6-11H2,1-5H3/t16-/m1/s1. The number of likely N-dealkylation sites (tertiary alicyclic amines) is 1. The van der Waals surface area contributed by atoms with Crippen molar-refractivity contribution in [3.8, 4) is 0 Å². The quantitative estimate of drug-likeness (QED) is 0.836. The fraction of sp³-hybridized carbons (Fsp3) is 0.778. The van der Waals surface area contributed by atoms with Gasteiger partial charge in [0.2, 0.25) is 0 Å². The monoisotopic (exact) mass is 305 g/mol. The molecule has 4 nitrogen and oxygen atoms in total. The summed E-state index contributed by atoms with van der Waals surface area (Å²) < 4.78 is 1.95. The largest absolute Gasteiger partial charge is 0.336 e. The van der Waals surface area contributed by atoms with E-state index in [1.165, 1.54) is 12.8 Å². The number of nitrogens with zero attached hydrogens (tertiary/aromatic N) is 3. The van der Waals surface area contributed by atoms with E-state index < -0.39 is 0 Å². The van der Waals surface area contributed by atoms with Crippen molar-refractivity contribution < 1.29 is 4.79 Å². The zero-order valence-electron chi connectivity index (χ0n) is 14.8. The molecule has 124 valence electrons. The Labute approximate surface area is 134 Å². The smallest absolute Gasteiger partial charge is 0.257 e. The number of carbonyl (C=O) groups is 1. The number of hydrogen-bond acceptors (Lipinski definition) is 2. The molecule has 1 aromatic heterocycles. The lowest BCUT2D eigenvalue weighted by Gasteiger charge is -2.31. The van der Waals surface area contributed by atoms with Gasteiger partial charge >= 0.3 is 0 Å². The van der Waals surface area contributed by atoms with Gasteiger partial charge in [0, 0.05) is 24.3 Å². The molecule has 0 N–H and O–H groups in total. The number of hydrogen-bond donors (Lipinski definition) is 0. The molecular formula is C18H31N3O. The predicted molar refractivity (Wildman–Crippen MR) is 90.1 cm³/mol. The molecule has 0 aromatic carbocycles. The fourth-order valence-corrected chi connectivity index (χ4v) is 3.54. The van der Waals surface area contributed by atoms with Gasteiger partial charge in [0.15, 0.2) is 0 Å². The molecule has 1 aliphatic rings. The molecule has 0 bridgehead atoms. The van der Waals surface area contributed by atoms with E-state index >= 15 is 0 Å². The van der Waals surface area contributed by atoms with Gasteiger partial charge in [-0.3, -0.25) is 9.48 Å². The van der Waals surface area contributed by atoms with Gasteiger partial charge < -0.3 is 4.90 Å². The van der Waals surface area contributed by atoms with Gasteiger partial charge in [0.05, 0.1) is 11.8 Å². The van der Waals surface area contributed by atoms with Crippen molar-refractivity contribution in [2.45, 2.75) is 78.8 Å². The summed E-state index contributed by atoms with van der Waals surface area (Å²) in [5, 5.41) is 4.41. The molecule has 4 heteroatoms. The molecule has 1 aromatic rings. The molecule has 0 saturated carbocycles. The average Bonchev–Trinajstić information content (AvgIpc) is 2.67. The molecule has 0 radical (unpaired) electrons. The van der Waals surface area contributed by atoms with Crippen molar-refractivity contribution in [3.63, 3.8) is 0 Å². The van der Waals surface area contributed by atoms with Crippen LogP contribution < -0.4 is 0 Å². The Hall–Kier alpha value is -1.32. The number of carbonyl (C=O) groups excluding carboxylic acids is 1. The highest BCUT2D eigenvalue weighted by atomic mass is 16.2. The predicted octanol–water partition coefficient (Wildman–Crippen LogP) is 4.20. The van der Waals surface area contributed by atoms with E-state index in [1.807, 2.05) is 11.6 Å². The van der Waals surface area contributed by atoms with Gasteiger partial charge in [-0.25, -0.2) is 0 Å². The topological polar surface area (TPSA) is 38.1 Å². The lowest BCUT2D eigenvalue weighted by molar-refractivity contribution is 0.0660. The molecule has 2 heterocycles. The fourth-order valence-electron chi connectivity index (χ4n) is 3.54. The summed E-state index contributed by atoms with van der Waals surface area (Å²) in [4.78, 5) is 15.2. The first-order chi connectivity index (χ1) is 10.4. The summed E-state index contributed by atoms with van der Waals surface area (Å²) in [6, 6.07) is 0.675. The van der Waals surface area contributed by atoms with Crippen molar-refractivity contribution in [1.82, 2.24) is 14.7 Å². The van der Waals surface area contributed by atoms with E-state index in [0.29, 0.717) is 12.0 Å². The van der Waals surface area contributed by atoms with E-state index in [9.17, 15) is 4.79 Å². The highest BCUT2D eigenvalue weighted by Crippen LogP contribution is 2.25. The molecule has 22 heavy (non-hydrogen) atoms. The molecule has 1 aliphatic heterocycles. The summed E-state index contributed by atoms with van der Waals surface area (Å²) >= 11 is 0. The van der Waals surface area contributed by atoms with E-state index in [4.69, 9.17) is 0 Å². The van der Waals surface area contributed by atoms with Crippen LogP contribution in [0.25, 0.3) is 0 Å². The second-order valence-electron chi connectivity index (χ2n) is 7.31. The molecule has 0 unspecified atom stereocenters. The van der Waals surface area contributed by atoms with Crippen molar-refractivity contribution in [2.75, 3.05) is 6.54 Å². The van der Waals surface area contributed by atoms with E-state index in [2.05, 4.69) is 37.7 Å². The number of amides is 1. The van der Waals surface area contributed by atoms with Crippen LogP contribution in [0.15, 0.2) is 6.20 Å². The average molecular weight is 305 g/mol. The normalized spacial score (nSPS) is 19.8. The van der Waals surface area contributed by atoms with E-state index in [1.54, 1.807) is 6.20 Å². The molecule has 2 rings (SSSR count). The summed E-state index contributed by atoms with van der Waals surface area (Å²) in [5.74, 6) is 0.801. The maximum Gasteiger partial charge on any atom is 0.257 e. The van der Waals surface area contributed by atoms with E-state index in [0.717, 1.165) is 37.1 Å². The van der Waals surface area contributed by atoms with E-state index in [-0.39, 0.29) is 11.9 Å². The zero-order valence-corrected chi connectivity index (χ0v) is 14.8. The Morgan fingerprint density at radius 1 is 1.27 bits per heavy atom. The van der Waals surface area contributed by atoms with Crippen LogP contribution in [-0.2, 0) is 0 Å². The lowest BCUT2D eigenvalue weighted by Crippen LogP contribution is -2.41. The SMILES string of the molecule is Cc1c(C(=O)N2CCCCC[C@@H]2CC(C)C)cnn1C(C)C. The first kappa shape index (κ1) is 17.0. The summed E-state index contributed by atoms with van der Waals surface area (Å²) in [7, 11) is 0. The van der Waals surface area contributed by atoms with Gasteiger partial charge in [0.1, 0.15) is 0 Å². The highest BCUT2D eigenvalue weighted by molar-refractivity contribution is 5.95. The third-order valence-electron chi connectivity index (χ3n) is 4.65. The molecular weight excluding hydrogens is 274 g/mol. The Morgan fingerprint density at radius 2 is 2.00 bits per heavy atom. The Bertz CT molecular complexity index is 504. The van der Waals surface area contributed by atoms with Crippen molar-refractivity contribution in [3.05, 3.63) is 17.5 Å². The van der Waals surface area contributed by atoms with Gasteiger partial charge in [-0.1, -0.05) is 26.7 Å². The zero-order chi connectivity index (χ0) is 16.3. The van der Waals surface area contributed by atoms with Gasteiger partial charge in [-0.05, 0) is 46.0 Å². The van der Waals surface area contributed by atoms with Crippen LogP contribution in [0.5, 0.6) is 0 Å². The van der Waals surface area contributed by atoms with Gasteiger partial charge in [-0.2, -0.15) is 5.10 Å². The van der Waals surface area contributed by atoms with Crippen LogP contribution in [0, 0.1) is 12.8 Å². The Kier molecular flexibility index (Phi) is 5.65. The third kappa shape index (κ3) is 3.71. The van der Waals surface area contributed by atoms with Crippen LogP contribution in [0.1, 0.15) is 81.9 Å². The van der Waals surface area contributed by atoms with Crippen LogP contribution in [0.3, 0.4) is 0 Å². The highest BCUT2D eigenvalue weighted by Gasteiger charge is 2.29.